The van der Waals surface area contributed by atoms with Crippen molar-refractivity contribution in [3.8, 4) is 0 Å². The zero-order valence-electron chi connectivity index (χ0n) is 12.1. The van der Waals surface area contributed by atoms with E-state index in [0.717, 1.165) is 38.4 Å². The van der Waals surface area contributed by atoms with E-state index in [9.17, 15) is 0 Å². The Kier molecular flexibility index (Phi) is 3.17. The Labute approximate surface area is 125 Å². The van der Waals surface area contributed by atoms with Crippen molar-refractivity contribution < 1.29 is 4.74 Å². The van der Waals surface area contributed by atoms with Crippen molar-refractivity contribution >= 4 is 5.69 Å². The van der Waals surface area contributed by atoms with Crippen molar-refractivity contribution in [3.05, 3.63) is 64.7 Å². The maximum absolute atomic E-state index is 6.17. The van der Waals surface area contributed by atoms with Gasteiger partial charge in [-0.1, -0.05) is 36.4 Å². The molecule has 108 valence electrons. The largest absolute Gasteiger partial charge is 0.398 e. The number of fused-ring (bicyclic) bond motifs is 2. The van der Waals surface area contributed by atoms with Crippen molar-refractivity contribution in [2.24, 2.45) is 0 Å². The Balaban J connectivity index is 1.66. The van der Waals surface area contributed by atoms with Gasteiger partial charge in [-0.3, -0.25) is 4.90 Å². The predicted molar refractivity (Wildman–Crippen MR) is 83.8 cm³/mol. The summed E-state index contributed by atoms with van der Waals surface area (Å²) in [5, 5.41) is 0. The smallest absolute Gasteiger partial charge is 0.0721 e. The molecule has 0 aliphatic carbocycles. The summed E-state index contributed by atoms with van der Waals surface area (Å²) in [6, 6.07) is 15.3. The van der Waals surface area contributed by atoms with Crippen LogP contribution in [0.25, 0.3) is 0 Å². The molecular weight excluding hydrogens is 260 g/mol. The molecule has 2 aromatic rings. The third-order valence-corrected chi connectivity index (χ3v) is 4.73. The third kappa shape index (κ3) is 2.23. The molecule has 2 aromatic carbocycles. The quantitative estimate of drug-likeness (QED) is 0.816. The minimum atomic E-state index is 0.350. The Morgan fingerprint density at radius 2 is 1.90 bits per heavy atom. The van der Waals surface area contributed by atoms with Crippen LogP contribution in [0.15, 0.2) is 42.5 Å². The minimum Gasteiger partial charge on any atom is -0.398 e. The third-order valence-electron chi connectivity index (χ3n) is 4.73. The molecule has 2 aliphatic heterocycles. The summed E-state index contributed by atoms with van der Waals surface area (Å²) in [7, 11) is 0. The average molecular weight is 280 g/mol. The summed E-state index contributed by atoms with van der Waals surface area (Å²) in [5.41, 5.74) is 12.5. The fourth-order valence-electron chi connectivity index (χ4n) is 3.56. The fraction of sp³-hybridized carbons (Fsp3) is 0.333. The van der Waals surface area contributed by atoms with Gasteiger partial charge in [-0.05, 0) is 34.7 Å². The van der Waals surface area contributed by atoms with Crippen molar-refractivity contribution in [1.82, 2.24) is 4.90 Å². The van der Waals surface area contributed by atoms with E-state index in [2.05, 4.69) is 41.3 Å². The monoisotopic (exact) mass is 280 g/mol. The van der Waals surface area contributed by atoms with Crippen molar-refractivity contribution in [2.45, 2.75) is 25.6 Å². The van der Waals surface area contributed by atoms with Gasteiger partial charge < -0.3 is 10.5 Å². The highest BCUT2D eigenvalue weighted by atomic mass is 16.5. The number of ether oxygens (including phenoxy) is 1. The predicted octanol–water partition coefficient (Wildman–Crippen LogP) is 2.90. The lowest BCUT2D eigenvalue weighted by Crippen LogP contribution is -2.38. The van der Waals surface area contributed by atoms with Crippen LogP contribution in [0.2, 0.25) is 0 Å². The number of hydrogen-bond acceptors (Lipinski definition) is 3. The summed E-state index contributed by atoms with van der Waals surface area (Å²) >= 11 is 0. The lowest BCUT2D eigenvalue weighted by molar-refractivity contribution is 0.0267. The average Bonchev–Trinajstić information content (AvgIpc) is 2.54. The van der Waals surface area contributed by atoms with Gasteiger partial charge >= 0.3 is 0 Å². The van der Waals surface area contributed by atoms with E-state index in [0.29, 0.717) is 6.04 Å². The Morgan fingerprint density at radius 1 is 1.05 bits per heavy atom. The second-order valence-electron chi connectivity index (χ2n) is 5.94. The summed E-state index contributed by atoms with van der Waals surface area (Å²) in [5.74, 6) is 0. The van der Waals surface area contributed by atoms with E-state index >= 15 is 0 Å². The molecule has 1 atom stereocenters. The molecule has 21 heavy (non-hydrogen) atoms. The molecular formula is C18H20N2O. The normalized spacial score (nSPS) is 21.6. The van der Waals surface area contributed by atoms with Crippen LogP contribution in [0.4, 0.5) is 5.69 Å². The second-order valence-corrected chi connectivity index (χ2v) is 5.94. The SMILES string of the molecule is Nc1cccc2c1CN(C1COCc3ccccc31)CC2. The van der Waals surface area contributed by atoms with Crippen LogP contribution < -0.4 is 5.73 Å². The number of nitrogen functional groups attached to an aromatic ring is 1. The van der Waals surface area contributed by atoms with Gasteiger partial charge in [0.25, 0.3) is 0 Å². The van der Waals surface area contributed by atoms with E-state index in [4.69, 9.17) is 10.5 Å². The first-order valence-electron chi connectivity index (χ1n) is 7.59. The molecule has 0 amide bonds. The van der Waals surface area contributed by atoms with Gasteiger partial charge in [0.2, 0.25) is 0 Å². The first-order chi connectivity index (χ1) is 10.3. The lowest BCUT2D eigenvalue weighted by atomic mass is 9.93. The van der Waals surface area contributed by atoms with E-state index in [1.54, 1.807) is 0 Å². The topological polar surface area (TPSA) is 38.5 Å². The summed E-state index contributed by atoms with van der Waals surface area (Å²) in [4.78, 5) is 2.51. The van der Waals surface area contributed by atoms with Gasteiger partial charge in [0.15, 0.2) is 0 Å². The van der Waals surface area contributed by atoms with E-state index in [1.807, 2.05) is 6.07 Å². The molecule has 0 bridgehead atoms. The number of rotatable bonds is 1. The highest BCUT2D eigenvalue weighted by molar-refractivity contribution is 5.52. The number of anilines is 1. The van der Waals surface area contributed by atoms with Crippen molar-refractivity contribution in [2.75, 3.05) is 18.9 Å². The van der Waals surface area contributed by atoms with Crippen LogP contribution in [0.1, 0.15) is 28.3 Å². The zero-order chi connectivity index (χ0) is 14.2. The molecule has 2 heterocycles. The molecule has 0 aromatic heterocycles. The number of hydrogen-bond donors (Lipinski definition) is 1. The number of nitrogens with zero attached hydrogens (tertiary/aromatic N) is 1. The van der Waals surface area contributed by atoms with Gasteiger partial charge in [0.1, 0.15) is 0 Å². The molecule has 0 fully saturated rings. The van der Waals surface area contributed by atoms with Crippen LogP contribution in [0.3, 0.4) is 0 Å². The molecule has 4 rings (SSSR count). The summed E-state index contributed by atoms with van der Waals surface area (Å²) in [6.07, 6.45) is 1.07. The molecule has 0 spiro atoms. The van der Waals surface area contributed by atoms with Gasteiger partial charge in [0.05, 0.1) is 19.3 Å². The van der Waals surface area contributed by atoms with Crippen LogP contribution in [-0.4, -0.2) is 18.1 Å². The Bertz CT molecular complexity index is 668. The van der Waals surface area contributed by atoms with Gasteiger partial charge in [-0.25, -0.2) is 0 Å². The van der Waals surface area contributed by atoms with Crippen LogP contribution in [0.5, 0.6) is 0 Å². The fourth-order valence-corrected chi connectivity index (χ4v) is 3.56. The summed E-state index contributed by atoms with van der Waals surface area (Å²) in [6.45, 7) is 3.50. The van der Waals surface area contributed by atoms with Crippen molar-refractivity contribution in [1.29, 1.82) is 0 Å². The zero-order valence-corrected chi connectivity index (χ0v) is 12.1. The first kappa shape index (κ1) is 12.9. The molecule has 3 heteroatoms. The molecule has 0 saturated heterocycles. The summed E-state index contributed by atoms with van der Waals surface area (Å²) < 4.78 is 5.81. The number of benzene rings is 2. The lowest BCUT2D eigenvalue weighted by Gasteiger charge is -2.38. The number of nitrogens with two attached hydrogens (primary N) is 1. The molecule has 2 N–H and O–H groups in total. The van der Waals surface area contributed by atoms with E-state index in [1.165, 1.54) is 22.3 Å². The maximum atomic E-state index is 6.17. The standard InChI is InChI=1S/C18H20N2O/c19-17-7-3-5-13-8-9-20(10-16(13)17)18-12-21-11-14-4-1-2-6-15(14)18/h1-7,18H,8-12,19H2. The molecule has 2 aliphatic rings. The van der Waals surface area contributed by atoms with Crippen LogP contribution in [0, 0.1) is 0 Å². The molecule has 0 saturated carbocycles. The molecule has 1 unspecified atom stereocenters. The maximum Gasteiger partial charge on any atom is 0.0721 e. The Hall–Kier alpha value is -1.84. The van der Waals surface area contributed by atoms with E-state index in [-0.39, 0.29) is 0 Å². The van der Waals surface area contributed by atoms with Gasteiger partial charge in [-0.2, -0.15) is 0 Å². The van der Waals surface area contributed by atoms with Crippen LogP contribution in [-0.2, 0) is 24.3 Å². The Morgan fingerprint density at radius 3 is 2.86 bits per heavy atom. The van der Waals surface area contributed by atoms with Crippen LogP contribution >= 0.6 is 0 Å². The second kappa shape index (κ2) is 5.17. The van der Waals surface area contributed by atoms with E-state index < -0.39 is 0 Å². The highest BCUT2D eigenvalue weighted by Crippen LogP contribution is 2.34. The van der Waals surface area contributed by atoms with Gasteiger partial charge in [-0.15, -0.1) is 0 Å². The first-order valence-corrected chi connectivity index (χ1v) is 7.59. The molecule has 0 radical (unpaired) electrons. The van der Waals surface area contributed by atoms with Gasteiger partial charge in [0, 0.05) is 18.8 Å². The van der Waals surface area contributed by atoms with Crippen molar-refractivity contribution in [3.63, 3.8) is 0 Å². The minimum absolute atomic E-state index is 0.350. The molecule has 3 nitrogen and oxygen atoms in total. The highest BCUT2D eigenvalue weighted by Gasteiger charge is 2.29.